The first-order chi connectivity index (χ1) is 13.5. The Morgan fingerprint density at radius 1 is 1.14 bits per heavy atom. The van der Waals surface area contributed by atoms with Gasteiger partial charge in [-0.3, -0.25) is 14.4 Å². The number of nitrogens with two attached hydrogens (primary N) is 1. The Labute approximate surface area is 168 Å². The number of hydrogen-bond acceptors (Lipinski definition) is 4. The molecule has 2 aromatic carbocycles. The van der Waals surface area contributed by atoms with Gasteiger partial charge in [-0.25, -0.2) is 4.98 Å². The highest BCUT2D eigenvalue weighted by atomic mass is 35.5. The standard InChI is InChI=1S/C21H20ClN5O/c1-26(2)12-18-25-20(21(23)28)17-11-24-19(13-7-3-5-9-15(13)22)14-8-4-6-10-16(14)27(17)18/h3-10H,11-12H2,1-2H3,(H2,23,28). The summed E-state index contributed by atoms with van der Waals surface area (Å²) in [5, 5.41) is 0.629. The molecule has 7 heteroatoms. The summed E-state index contributed by atoms with van der Waals surface area (Å²) in [5.74, 6) is 0.194. The van der Waals surface area contributed by atoms with E-state index in [-0.39, 0.29) is 12.2 Å². The maximum absolute atomic E-state index is 12.1. The van der Waals surface area contributed by atoms with Crippen molar-refractivity contribution in [2.75, 3.05) is 14.1 Å². The average molecular weight is 394 g/mol. The van der Waals surface area contributed by atoms with Gasteiger partial charge in [-0.05, 0) is 26.2 Å². The van der Waals surface area contributed by atoms with E-state index in [0.29, 0.717) is 17.3 Å². The maximum atomic E-state index is 12.1. The van der Waals surface area contributed by atoms with E-state index in [9.17, 15) is 4.79 Å². The number of aliphatic imine (C=N–C) groups is 1. The molecule has 1 aliphatic heterocycles. The number of benzene rings is 2. The molecular formula is C21H20ClN5O. The molecule has 0 atom stereocenters. The van der Waals surface area contributed by atoms with Gasteiger partial charge in [0.05, 0.1) is 30.2 Å². The van der Waals surface area contributed by atoms with Gasteiger partial charge >= 0.3 is 0 Å². The number of rotatable bonds is 4. The molecule has 0 aliphatic carbocycles. The van der Waals surface area contributed by atoms with Gasteiger partial charge in [0.15, 0.2) is 5.69 Å². The molecule has 6 nitrogen and oxygen atoms in total. The third-order valence-corrected chi connectivity index (χ3v) is 4.98. The lowest BCUT2D eigenvalue weighted by Crippen LogP contribution is -2.16. The van der Waals surface area contributed by atoms with E-state index in [0.717, 1.165) is 28.4 Å². The second kappa shape index (κ2) is 7.22. The quantitative estimate of drug-likeness (QED) is 0.740. The molecule has 2 heterocycles. The summed E-state index contributed by atoms with van der Waals surface area (Å²) in [5.41, 5.74) is 10.1. The summed E-state index contributed by atoms with van der Waals surface area (Å²) in [4.78, 5) is 23.4. The topological polar surface area (TPSA) is 76.5 Å². The Morgan fingerprint density at radius 2 is 1.82 bits per heavy atom. The first-order valence-corrected chi connectivity index (χ1v) is 9.29. The van der Waals surface area contributed by atoms with Crippen molar-refractivity contribution in [1.82, 2.24) is 14.5 Å². The molecule has 0 radical (unpaired) electrons. The monoisotopic (exact) mass is 393 g/mol. The van der Waals surface area contributed by atoms with Gasteiger partial charge in [0, 0.05) is 16.1 Å². The number of fused-ring (bicyclic) bond motifs is 3. The summed E-state index contributed by atoms with van der Waals surface area (Å²) in [6.45, 7) is 0.851. The van der Waals surface area contributed by atoms with Crippen LogP contribution in [0.25, 0.3) is 5.69 Å². The normalized spacial score (nSPS) is 12.9. The lowest BCUT2D eigenvalue weighted by atomic mass is 10.0. The third-order valence-electron chi connectivity index (χ3n) is 4.65. The Balaban J connectivity index is 2.00. The van der Waals surface area contributed by atoms with E-state index in [1.165, 1.54) is 0 Å². The highest BCUT2D eigenvalue weighted by Gasteiger charge is 2.27. The number of para-hydroxylation sites is 1. The number of imidazole rings is 1. The second-order valence-corrected chi connectivity index (χ2v) is 7.33. The molecule has 0 saturated carbocycles. The van der Waals surface area contributed by atoms with Crippen LogP contribution < -0.4 is 5.73 Å². The fourth-order valence-electron chi connectivity index (χ4n) is 3.51. The van der Waals surface area contributed by atoms with Crippen molar-refractivity contribution < 1.29 is 4.79 Å². The van der Waals surface area contributed by atoms with Crippen LogP contribution in [0.2, 0.25) is 5.02 Å². The molecule has 1 amide bonds. The summed E-state index contributed by atoms with van der Waals surface area (Å²) >= 11 is 6.46. The minimum Gasteiger partial charge on any atom is -0.364 e. The van der Waals surface area contributed by atoms with Crippen LogP contribution in [0, 0.1) is 0 Å². The summed E-state index contributed by atoms with van der Waals surface area (Å²) in [6, 6.07) is 15.6. The molecule has 0 saturated heterocycles. The zero-order chi connectivity index (χ0) is 19.8. The van der Waals surface area contributed by atoms with Crippen molar-refractivity contribution >= 4 is 23.2 Å². The van der Waals surface area contributed by atoms with E-state index >= 15 is 0 Å². The first-order valence-electron chi connectivity index (χ1n) is 8.91. The average Bonchev–Trinajstić information content (AvgIpc) is 2.92. The van der Waals surface area contributed by atoms with Crippen LogP contribution in [0.5, 0.6) is 0 Å². The Kier molecular flexibility index (Phi) is 4.75. The zero-order valence-electron chi connectivity index (χ0n) is 15.7. The minimum atomic E-state index is -0.553. The predicted octanol–water partition coefficient (Wildman–Crippen LogP) is 3.04. The van der Waals surface area contributed by atoms with Crippen molar-refractivity contribution in [2.45, 2.75) is 13.1 Å². The smallest absolute Gasteiger partial charge is 0.269 e. The van der Waals surface area contributed by atoms with E-state index in [1.54, 1.807) is 0 Å². The molecule has 2 N–H and O–H groups in total. The van der Waals surface area contributed by atoms with Gasteiger partial charge in [0.2, 0.25) is 0 Å². The zero-order valence-corrected chi connectivity index (χ0v) is 16.4. The first kappa shape index (κ1) is 18.4. The van der Waals surface area contributed by atoms with Crippen LogP contribution in [-0.2, 0) is 13.1 Å². The van der Waals surface area contributed by atoms with Crippen molar-refractivity contribution in [3.63, 3.8) is 0 Å². The lowest BCUT2D eigenvalue weighted by Gasteiger charge is -2.16. The van der Waals surface area contributed by atoms with Crippen LogP contribution >= 0.6 is 11.6 Å². The van der Waals surface area contributed by atoms with Gasteiger partial charge in [-0.2, -0.15) is 0 Å². The highest BCUT2D eigenvalue weighted by Crippen LogP contribution is 2.30. The molecule has 1 aromatic heterocycles. The maximum Gasteiger partial charge on any atom is 0.269 e. The highest BCUT2D eigenvalue weighted by molar-refractivity contribution is 6.35. The number of halogens is 1. The van der Waals surface area contributed by atoms with Gasteiger partial charge in [-0.15, -0.1) is 0 Å². The number of primary amides is 1. The molecule has 142 valence electrons. The van der Waals surface area contributed by atoms with Crippen molar-refractivity contribution in [3.8, 4) is 5.69 Å². The van der Waals surface area contributed by atoms with Gasteiger partial charge < -0.3 is 10.6 Å². The van der Waals surface area contributed by atoms with E-state index in [1.807, 2.05) is 72.1 Å². The minimum absolute atomic E-state index is 0.260. The molecule has 0 bridgehead atoms. The number of carbonyl (C=O) groups excluding carboxylic acids is 1. The molecular weight excluding hydrogens is 374 g/mol. The molecule has 0 fully saturated rings. The molecule has 28 heavy (non-hydrogen) atoms. The number of amides is 1. The van der Waals surface area contributed by atoms with Crippen LogP contribution in [0.1, 0.15) is 33.1 Å². The van der Waals surface area contributed by atoms with E-state index < -0.39 is 5.91 Å². The lowest BCUT2D eigenvalue weighted by molar-refractivity contribution is 0.0995. The van der Waals surface area contributed by atoms with Crippen molar-refractivity contribution in [1.29, 1.82) is 0 Å². The van der Waals surface area contributed by atoms with Gasteiger partial charge in [0.1, 0.15) is 5.82 Å². The Bertz CT molecular complexity index is 1100. The van der Waals surface area contributed by atoms with Crippen molar-refractivity contribution in [2.24, 2.45) is 10.7 Å². The van der Waals surface area contributed by atoms with Crippen molar-refractivity contribution in [3.05, 3.63) is 81.9 Å². The molecule has 1 aliphatic rings. The number of aromatic nitrogens is 2. The van der Waals surface area contributed by atoms with Crippen LogP contribution in [0.3, 0.4) is 0 Å². The van der Waals surface area contributed by atoms with Gasteiger partial charge in [-0.1, -0.05) is 48.0 Å². The van der Waals surface area contributed by atoms with E-state index in [4.69, 9.17) is 22.3 Å². The molecule has 3 aromatic rings. The summed E-state index contributed by atoms with van der Waals surface area (Å²) < 4.78 is 2.00. The van der Waals surface area contributed by atoms with Crippen LogP contribution in [0.15, 0.2) is 53.5 Å². The largest absolute Gasteiger partial charge is 0.364 e. The van der Waals surface area contributed by atoms with Crippen LogP contribution in [0.4, 0.5) is 0 Å². The van der Waals surface area contributed by atoms with Crippen LogP contribution in [-0.4, -0.2) is 40.2 Å². The molecule has 0 unspecified atom stereocenters. The SMILES string of the molecule is CN(C)Cc1nc(C(N)=O)c2n1-c1ccccc1C(c1ccccc1Cl)=NC2. The fourth-order valence-corrected chi connectivity index (χ4v) is 3.74. The number of nitrogens with zero attached hydrogens (tertiary/aromatic N) is 4. The number of hydrogen-bond donors (Lipinski definition) is 1. The van der Waals surface area contributed by atoms with E-state index in [2.05, 4.69) is 4.98 Å². The Morgan fingerprint density at radius 3 is 2.50 bits per heavy atom. The van der Waals surface area contributed by atoms with Gasteiger partial charge in [0.25, 0.3) is 5.91 Å². The number of carbonyl (C=O) groups is 1. The Hall–Kier alpha value is -2.96. The summed E-state index contributed by atoms with van der Waals surface area (Å²) in [6.07, 6.45) is 0. The fraction of sp³-hybridized carbons (Fsp3) is 0.190. The summed E-state index contributed by atoms with van der Waals surface area (Å²) in [7, 11) is 3.92. The third kappa shape index (κ3) is 3.10. The molecule has 4 rings (SSSR count). The molecule has 0 spiro atoms. The predicted molar refractivity (Wildman–Crippen MR) is 110 cm³/mol. The second-order valence-electron chi connectivity index (χ2n) is 6.92.